The van der Waals surface area contributed by atoms with Crippen LogP contribution in [0.1, 0.15) is 45.9 Å². The number of thiophene rings is 3. The van der Waals surface area contributed by atoms with Crippen LogP contribution in [0.2, 0.25) is 0 Å². The third kappa shape index (κ3) is 5.35. The topological polar surface area (TPSA) is 69.6 Å². The number of nitrogens with one attached hydrogen (secondary N) is 1. The highest BCUT2D eigenvalue weighted by Gasteiger charge is 2.45. The minimum atomic E-state index is -1.25. The van der Waals surface area contributed by atoms with Crippen LogP contribution in [0.3, 0.4) is 0 Å². The highest BCUT2D eigenvalue weighted by molar-refractivity contribution is 7.26. The molecular weight excluding hydrogens is 422 g/mol. The molecule has 0 bridgehead atoms. The minimum absolute atomic E-state index is 0.438. The third-order valence-electron chi connectivity index (χ3n) is 5.10. The molecule has 0 fully saturated rings. The fourth-order valence-corrected chi connectivity index (χ4v) is 5.80. The fraction of sp³-hybridized carbons (Fsp3) is 0.409. The summed E-state index contributed by atoms with van der Waals surface area (Å²) in [6.07, 6.45) is 1.09. The largest absolute Gasteiger partial charge is 0.389 e. The van der Waals surface area contributed by atoms with Crippen molar-refractivity contribution in [1.29, 1.82) is 0 Å². The highest BCUT2D eigenvalue weighted by atomic mass is 32.1. The number of aliphatic hydroxyl groups is 1. The van der Waals surface area contributed by atoms with Crippen molar-refractivity contribution in [3.63, 3.8) is 0 Å². The molecular formula is C22H29NO3S3. The van der Waals surface area contributed by atoms with E-state index in [0.717, 1.165) is 4.88 Å². The van der Waals surface area contributed by atoms with E-state index in [9.17, 15) is 9.90 Å². The van der Waals surface area contributed by atoms with Gasteiger partial charge in [-0.3, -0.25) is 10.0 Å². The van der Waals surface area contributed by atoms with Gasteiger partial charge >= 0.3 is 0 Å². The zero-order valence-corrected chi connectivity index (χ0v) is 19.9. The standard InChI is InChI=1S/C20H23NO3S3.C2H6/c1-19(2,23)20(3,18(22)21-24)11-10-13-6-7-16(26-13)17-9-8-15(27-17)14-5-4-12-25-14;1-2/h4-9,12,23-24H,10-11H2,1-3H3,(H,21,22);1-2H3. The molecule has 4 nitrogen and oxygen atoms in total. The molecule has 3 heterocycles. The van der Waals surface area contributed by atoms with E-state index in [-0.39, 0.29) is 0 Å². The van der Waals surface area contributed by atoms with Crippen LogP contribution in [0, 0.1) is 5.41 Å². The van der Waals surface area contributed by atoms with Crippen molar-refractivity contribution in [3.8, 4) is 19.5 Å². The molecule has 0 radical (unpaired) electrons. The molecule has 29 heavy (non-hydrogen) atoms. The maximum absolute atomic E-state index is 12.1. The van der Waals surface area contributed by atoms with Crippen LogP contribution in [0.4, 0.5) is 0 Å². The van der Waals surface area contributed by atoms with Crippen LogP contribution in [0.5, 0.6) is 0 Å². The lowest BCUT2D eigenvalue weighted by atomic mass is 9.71. The van der Waals surface area contributed by atoms with Crippen molar-refractivity contribution in [2.45, 2.75) is 53.1 Å². The summed E-state index contributed by atoms with van der Waals surface area (Å²) in [5, 5.41) is 21.6. The van der Waals surface area contributed by atoms with Crippen molar-refractivity contribution in [1.82, 2.24) is 5.48 Å². The normalized spacial score (nSPS) is 13.3. The van der Waals surface area contributed by atoms with E-state index in [1.165, 1.54) is 19.5 Å². The fourth-order valence-electron chi connectivity index (χ4n) is 2.86. The second kappa shape index (κ2) is 10.00. The van der Waals surface area contributed by atoms with Gasteiger partial charge in [-0.2, -0.15) is 0 Å². The first-order chi connectivity index (χ1) is 13.7. The van der Waals surface area contributed by atoms with Crippen LogP contribution < -0.4 is 5.48 Å². The monoisotopic (exact) mass is 451 g/mol. The number of rotatable bonds is 7. The molecule has 0 aliphatic heterocycles. The summed E-state index contributed by atoms with van der Waals surface area (Å²) < 4.78 is 0. The van der Waals surface area contributed by atoms with Gasteiger partial charge in [-0.25, -0.2) is 5.48 Å². The molecule has 0 spiro atoms. The van der Waals surface area contributed by atoms with Gasteiger partial charge in [0.05, 0.1) is 11.0 Å². The number of amides is 1. The van der Waals surface area contributed by atoms with Gasteiger partial charge in [0, 0.05) is 24.4 Å². The Labute approximate surface area is 184 Å². The van der Waals surface area contributed by atoms with Gasteiger partial charge in [0.15, 0.2) is 0 Å². The average Bonchev–Trinajstić information content (AvgIpc) is 3.46. The lowest BCUT2D eigenvalue weighted by Gasteiger charge is -2.38. The molecule has 0 saturated carbocycles. The van der Waals surface area contributed by atoms with E-state index in [1.807, 2.05) is 13.8 Å². The lowest BCUT2D eigenvalue weighted by Crippen LogP contribution is -2.51. The van der Waals surface area contributed by atoms with Crippen LogP contribution in [-0.2, 0) is 11.2 Å². The van der Waals surface area contributed by atoms with E-state index < -0.39 is 16.9 Å². The van der Waals surface area contributed by atoms with Gasteiger partial charge in [0.2, 0.25) is 0 Å². The Morgan fingerprint density at radius 1 is 0.966 bits per heavy atom. The first-order valence-corrected chi connectivity index (χ1v) is 12.2. The molecule has 3 rings (SSSR count). The number of hydrogen-bond acceptors (Lipinski definition) is 6. The summed E-state index contributed by atoms with van der Waals surface area (Å²) in [6.45, 7) is 8.87. The van der Waals surface area contributed by atoms with Crippen molar-refractivity contribution in [2.75, 3.05) is 0 Å². The molecule has 3 aromatic rings. The molecule has 1 atom stereocenters. The Morgan fingerprint density at radius 3 is 2.10 bits per heavy atom. The zero-order valence-electron chi connectivity index (χ0n) is 17.5. The van der Waals surface area contributed by atoms with Crippen molar-refractivity contribution < 1.29 is 15.1 Å². The van der Waals surface area contributed by atoms with Gasteiger partial charge in [0.1, 0.15) is 0 Å². The van der Waals surface area contributed by atoms with Crippen LogP contribution in [0.25, 0.3) is 19.5 Å². The van der Waals surface area contributed by atoms with Gasteiger partial charge in [0.25, 0.3) is 5.91 Å². The molecule has 158 valence electrons. The molecule has 0 aromatic carbocycles. The Hall–Kier alpha value is -1.51. The number of carbonyl (C=O) groups is 1. The van der Waals surface area contributed by atoms with Crippen LogP contribution >= 0.6 is 34.0 Å². The Bertz CT molecular complexity index is 906. The number of hydroxylamine groups is 1. The minimum Gasteiger partial charge on any atom is -0.389 e. The predicted octanol–water partition coefficient (Wildman–Crippen LogP) is 6.45. The van der Waals surface area contributed by atoms with Crippen molar-refractivity contribution in [3.05, 3.63) is 46.7 Å². The van der Waals surface area contributed by atoms with Gasteiger partial charge < -0.3 is 5.11 Å². The molecule has 7 heteroatoms. The second-order valence-electron chi connectivity index (χ2n) is 7.24. The molecule has 0 aliphatic carbocycles. The quantitative estimate of drug-likeness (QED) is 0.286. The molecule has 1 amide bonds. The Balaban J connectivity index is 0.00000145. The lowest BCUT2D eigenvalue weighted by molar-refractivity contribution is -0.154. The Morgan fingerprint density at radius 2 is 1.55 bits per heavy atom. The maximum Gasteiger partial charge on any atom is 0.252 e. The molecule has 0 aliphatic rings. The predicted molar refractivity (Wildman–Crippen MR) is 125 cm³/mol. The van der Waals surface area contributed by atoms with E-state index in [2.05, 4.69) is 41.8 Å². The summed E-state index contributed by atoms with van der Waals surface area (Å²) in [5.41, 5.74) is -0.626. The SMILES string of the molecule is CC.CC(C)(O)C(C)(CCc1ccc(-c2ccc(-c3cccs3)s2)s1)C(=O)NO. The summed E-state index contributed by atoms with van der Waals surface area (Å²) in [7, 11) is 0. The van der Waals surface area contributed by atoms with Gasteiger partial charge in [-0.1, -0.05) is 19.9 Å². The number of aryl methyl sites for hydroxylation is 1. The molecule has 3 N–H and O–H groups in total. The summed E-state index contributed by atoms with van der Waals surface area (Å²) in [6, 6.07) is 12.7. The summed E-state index contributed by atoms with van der Waals surface area (Å²) in [4.78, 5) is 18.3. The first kappa shape index (κ1) is 23.8. The second-order valence-corrected chi connectivity index (χ2v) is 10.4. The van der Waals surface area contributed by atoms with E-state index in [0.29, 0.717) is 12.8 Å². The highest BCUT2D eigenvalue weighted by Crippen LogP contribution is 2.41. The van der Waals surface area contributed by atoms with Crippen molar-refractivity contribution in [2.24, 2.45) is 5.41 Å². The molecule has 1 unspecified atom stereocenters. The maximum atomic E-state index is 12.1. The van der Waals surface area contributed by atoms with Crippen LogP contribution in [0.15, 0.2) is 41.8 Å². The zero-order chi connectivity index (χ0) is 21.7. The molecule has 0 saturated heterocycles. The van der Waals surface area contributed by atoms with Crippen molar-refractivity contribution >= 4 is 39.9 Å². The molecule has 3 aromatic heterocycles. The van der Waals surface area contributed by atoms with Gasteiger partial charge in [-0.15, -0.1) is 34.0 Å². The Kier molecular flexibility index (Phi) is 8.19. The summed E-state index contributed by atoms with van der Waals surface area (Å²) in [5.74, 6) is -0.564. The summed E-state index contributed by atoms with van der Waals surface area (Å²) >= 11 is 5.22. The first-order valence-electron chi connectivity index (χ1n) is 9.64. The van der Waals surface area contributed by atoms with Gasteiger partial charge in [-0.05, 0) is 69.3 Å². The van der Waals surface area contributed by atoms with E-state index >= 15 is 0 Å². The third-order valence-corrected chi connectivity index (χ3v) is 8.59. The number of hydrogen-bond donors (Lipinski definition) is 3. The number of carbonyl (C=O) groups excluding carboxylic acids is 1. The van der Waals surface area contributed by atoms with E-state index in [1.54, 1.807) is 60.3 Å². The smallest absolute Gasteiger partial charge is 0.252 e. The average molecular weight is 452 g/mol. The van der Waals surface area contributed by atoms with Crippen LogP contribution in [-0.4, -0.2) is 21.8 Å². The van der Waals surface area contributed by atoms with E-state index in [4.69, 9.17) is 5.21 Å².